The Morgan fingerprint density at radius 3 is 2.89 bits per heavy atom. The number of nitrogen functional groups attached to an aromatic ring is 1. The van der Waals surface area contributed by atoms with Gasteiger partial charge in [0.05, 0.1) is 0 Å². The van der Waals surface area contributed by atoms with Gasteiger partial charge in [-0.05, 0) is 55.4 Å². The molecule has 1 fully saturated rings. The van der Waals surface area contributed by atoms with E-state index in [1.54, 1.807) is 0 Å². The van der Waals surface area contributed by atoms with Gasteiger partial charge in [0.2, 0.25) is 0 Å². The van der Waals surface area contributed by atoms with Crippen molar-refractivity contribution in [2.45, 2.75) is 46.0 Å². The molecule has 0 spiro atoms. The third-order valence-corrected chi connectivity index (χ3v) is 4.20. The van der Waals surface area contributed by atoms with Crippen LogP contribution in [0.5, 0.6) is 0 Å². The Labute approximate surface area is 111 Å². The molecule has 1 aromatic carbocycles. The number of hydrogen-bond acceptors (Lipinski definition) is 2. The molecule has 18 heavy (non-hydrogen) atoms. The van der Waals surface area contributed by atoms with Crippen molar-refractivity contribution in [3.8, 4) is 0 Å². The van der Waals surface area contributed by atoms with Gasteiger partial charge in [0, 0.05) is 17.9 Å². The van der Waals surface area contributed by atoms with Crippen molar-refractivity contribution in [3.05, 3.63) is 23.8 Å². The first kappa shape index (κ1) is 13.3. The number of anilines is 2. The van der Waals surface area contributed by atoms with Gasteiger partial charge in [0.1, 0.15) is 0 Å². The van der Waals surface area contributed by atoms with Crippen LogP contribution in [0.2, 0.25) is 0 Å². The Hall–Kier alpha value is -1.18. The predicted octanol–water partition coefficient (Wildman–Crippen LogP) is 4.21. The molecule has 2 heteroatoms. The van der Waals surface area contributed by atoms with Gasteiger partial charge in [-0.2, -0.15) is 0 Å². The van der Waals surface area contributed by atoms with Crippen molar-refractivity contribution >= 4 is 11.4 Å². The zero-order chi connectivity index (χ0) is 13.0. The number of rotatable bonds is 4. The highest BCUT2D eigenvalue weighted by Gasteiger charge is 2.18. The van der Waals surface area contributed by atoms with Crippen LogP contribution < -0.4 is 11.1 Å². The van der Waals surface area contributed by atoms with Crippen LogP contribution in [0.4, 0.5) is 11.4 Å². The highest BCUT2D eigenvalue weighted by atomic mass is 14.9. The number of nitrogens with one attached hydrogen (secondary N) is 1. The lowest BCUT2D eigenvalue weighted by Crippen LogP contribution is -2.16. The Morgan fingerprint density at radius 1 is 1.33 bits per heavy atom. The average molecular weight is 246 g/mol. The molecular weight excluding hydrogens is 220 g/mol. The molecule has 0 radical (unpaired) electrons. The summed E-state index contributed by atoms with van der Waals surface area (Å²) in [5, 5.41) is 3.52. The standard InChI is InChI=1S/C16H26N2/c1-12-4-3-5-14(10-12)8-9-18-15-6-7-16(17)13(2)11-15/h6-7,11-12,14,18H,3-5,8-10,17H2,1-2H3. The molecule has 0 amide bonds. The summed E-state index contributed by atoms with van der Waals surface area (Å²) >= 11 is 0. The predicted molar refractivity (Wildman–Crippen MR) is 79.8 cm³/mol. The quantitative estimate of drug-likeness (QED) is 0.781. The molecule has 3 N–H and O–H groups in total. The van der Waals surface area contributed by atoms with E-state index in [9.17, 15) is 0 Å². The van der Waals surface area contributed by atoms with Gasteiger partial charge in [-0.25, -0.2) is 0 Å². The number of aryl methyl sites for hydroxylation is 1. The Morgan fingerprint density at radius 2 is 2.17 bits per heavy atom. The average Bonchev–Trinajstić information content (AvgIpc) is 2.34. The summed E-state index contributed by atoms with van der Waals surface area (Å²) in [7, 11) is 0. The van der Waals surface area contributed by atoms with E-state index in [1.807, 2.05) is 6.07 Å². The second-order valence-corrected chi connectivity index (χ2v) is 5.92. The zero-order valence-electron chi connectivity index (χ0n) is 11.7. The zero-order valence-corrected chi connectivity index (χ0v) is 11.7. The van der Waals surface area contributed by atoms with Crippen LogP contribution in [0.15, 0.2) is 18.2 Å². The van der Waals surface area contributed by atoms with E-state index in [4.69, 9.17) is 5.73 Å². The summed E-state index contributed by atoms with van der Waals surface area (Å²) in [4.78, 5) is 0. The molecule has 1 aromatic rings. The Bertz CT molecular complexity index is 387. The van der Waals surface area contributed by atoms with Gasteiger partial charge in [-0.3, -0.25) is 0 Å². The third kappa shape index (κ3) is 3.66. The lowest BCUT2D eigenvalue weighted by Gasteiger charge is -2.26. The van der Waals surface area contributed by atoms with Gasteiger partial charge < -0.3 is 11.1 Å². The van der Waals surface area contributed by atoms with E-state index >= 15 is 0 Å². The largest absolute Gasteiger partial charge is 0.399 e. The van der Waals surface area contributed by atoms with Crippen LogP contribution in [-0.4, -0.2) is 6.54 Å². The molecule has 2 rings (SSSR count). The number of hydrogen-bond donors (Lipinski definition) is 2. The molecular formula is C16H26N2. The first-order valence-corrected chi connectivity index (χ1v) is 7.25. The summed E-state index contributed by atoms with van der Waals surface area (Å²) in [5.74, 6) is 1.86. The molecule has 0 aliphatic heterocycles. The highest BCUT2D eigenvalue weighted by Crippen LogP contribution is 2.30. The van der Waals surface area contributed by atoms with E-state index in [-0.39, 0.29) is 0 Å². The number of nitrogens with two attached hydrogens (primary N) is 1. The molecule has 100 valence electrons. The Kier molecular flexibility index (Phi) is 4.51. The van der Waals surface area contributed by atoms with Crippen molar-refractivity contribution in [1.82, 2.24) is 0 Å². The van der Waals surface area contributed by atoms with E-state index in [2.05, 4.69) is 31.3 Å². The fraction of sp³-hybridized carbons (Fsp3) is 0.625. The molecule has 0 heterocycles. The third-order valence-electron chi connectivity index (χ3n) is 4.20. The second kappa shape index (κ2) is 6.12. The summed E-state index contributed by atoms with van der Waals surface area (Å²) in [6.45, 7) is 5.53. The molecule has 0 bridgehead atoms. The van der Waals surface area contributed by atoms with E-state index in [1.165, 1.54) is 37.8 Å². The first-order chi connectivity index (χ1) is 8.65. The van der Waals surface area contributed by atoms with E-state index in [0.29, 0.717) is 0 Å². The summed E-state index contributed by atoms with van der Waals surface area (Å²) in [6, 6.07) is 6.20. The molecule has 2 unspecified atom stereocenters. The van der Waals surface area contributed by atoms with Gasteiger partial charge in [-0.1, -0.05) is 26.2 Å². The van der Waals surface area contributed by atoms with E-state index in [0.717, 1.165) is 29.6 Å². The van der Waals surface area contributed by atoms with Crippen LogP contribution in [-0.2, 0) is 0 Å². The monoisotopic (exact) mass is 246 g/mol. The fourth-order valence-corrected chi connectivity index (χ4v) is 3.03. The van der Waals surface area contributed by atoms with Gasteiger partial charge in [0.15, 0.2) is 0 Å². The topological polar surface area (TPSA) is 38.0 Å². The van der Waals surface area contributed by atoms with Crippen LogP contribution in [0.1, 0.15) is 44.6 Å². The number of benzene rings is 1. The first-order valence-electron chi connectivity index (χ1n) is 7.25. The van der Waals surface area contributed by atoms with Crippen LogP contribution in [0.25, 0.3) is 0 Å². The van der Waals surface area contributed by atoms with Crippen molar-refractivity contribution in [3.63, 3.8) is 0 Å². The minimum absolute atomic E-state index is 0.877. The maximum absolute atomic E-state index is 5.82. The maximum Gasteiger partial charge on any atom is 0.0345 e. The smallest absolute Gasteiger partial charge is 0.0345 e. The summed E-state index contributed by atoms with van der Waals surface area (Å²) in [5.41, 5.74) is 9.06. The minimum Gasteiger partial charge on any atom is -0.399 e. The molecule has 1 aliphatic carbocycles. The van der Waals surface area contributed by atoms with Crippen molar-refractivity contribution < 1.29 is 0 Å². The molecule has 0 saturated heterocycles. The van der Waals surface area contributed by atoms with Gasteiger partial charge in [-0.15, -0.1) is 0 Å². The van der Waals surface area contributed by atoms with Crippen LogP contribution in [0.3, 0.4) is 0 Å². The van der Waals surface area contributed by atoms with Crippen molar-refractivity contribution in [2.75, 3.05) is 17.6 Å². The van der Waals surface area contributed by atoms with Gasteiger partial charge >= 0.3 is 0 Å². The van der Waals surface area contributed by atoms with Crippen molar-refractivity contribution in [2.24, 2.45) is 11.8 Å². The fourth-order valence-electron chi connectivity index (χ4n) is 3.03. The van der Waals surface area contributed by atoms with Gasteiger partial charge in [0.25, 0.3) is 0 Å². The minimum atomic E-state index is 0.877. The molecule has 1 aliphatic rings. The maximum atomic E-state index is 5.82. The second-order valence-electron chi connectivity index (χ2n) is 5.92. The molecule has 1 saturated carbocycles. The normalized spacial score (nSPS) is 23.9. The van der Waals surface area contributed by atoms with Crippen molar-refractivity contribution in [1.29, 1.82) is 0 Å². The van der Waals surface area contributed by atoms with Crippen LogP contribution in [0, 0.1) is 18.8 Å². The van der Waals surface area contributed by atoms with Crippen LogP contribution >= 0.6 is 0 Å². The summed E-state index contributed by atoms with van der Waals surface area (Å²) in [6.07, 6.45) is 7.00. The molecule has 2 atom stereocenters. The highest BCUT2D eigenvalue weighted by molar-refractivity contribution is 5.56. The van der Waals surface area contributed by atoms with E-state index < -0.39 is 0 Å². The summed E-state index contributed by atoms with van der Waals surface area (Å²) < 4.78 is 0. The lowest BCUT2D eigenvalue weighted by atomic mass is 9.81. The SMILES string of the molecule is Cc1cc(NCCC2CCCC(C)C2)ccc1N. The Balaban J connectivity index is 1.76. The molecule has 2 nitrogen and oxygen atoms in total. The molecule has 0 aromatic heterocycles. The lowest BCUT2D eigenvalue weighted by molar-refractivity contribution is 0.274.